The van der Waals surface area contributed by atoms with Crippen LogP contribution in [-0.2, 0) is 23.9 Å². The van der Waals surface area contributed by atoms with Crippen LogP contribution in [-0.4, -0.2) is 17.0 Å². The summed E-state index contributed by atoms with van der Waals surface area (Å²) >= 11 is 5.59. The molecule has 0 unspecified atom stereocenters. The van der Waals surface area contributed by atoms with Crippen molar-refractivity contribution in [1.29, 1.82) is 0 Å². The lowest BCUT2D eigenvalue weighted by Gasteiger charge is -2.18. The molecule has 24 heavy (non-hydrogen) atoms. The van der Waals surface area contributed by atoms with Crippen LogP contribution in [0.3, 0.4) is 0 Å². The number of carbonyl (C=O) groups is 1. The van der Waals surface area contributed by atoms with Crippen molar-refractivity contribution < 1.29 is 18.0 Å². The number of aromatic nitrogens is 1. The van der Waals surface area contributed by atoms with Gasteiger partial charge in [-0.3, -0.25) is 9.59 Å². The second-order valence-corrected chi connectivity index (χ2v) is 5.84. The molecule has 0 saturated carbocycles. The maximum Gasteiger partial charge on any atom is 0.417 e. The number of pyridine rings is 1. The minimum absolute atomic E-state index is 0.430. The fraction of sp³-hybridized carbons (Fsp3) is 0.250. The first-order valence-electron chi connectivity index (χ1n) is 7.13. The van der Waals surface area contributed by atoms with E-state index >= 15 is 0 Å². The van der Waals surface area contributed by atoms with E-state index < -0.39 is 34.8 Å². The average molecular weight is 357 g/mol. The molecule has 0 fully saturated rings. The molecule has 8 heteroatoms. The van der Waals surface area contributed by atoms with E-state index in [1.165, 1.54) is 4.90 Å². The fourth-order valence-electron chi connectivity index (χ4n) is 2.70. The highest BCUT2D eigenvalue weighted by Crippen LogP contribution is 2.30. The number of carbonyl (C=O) groups excluding carboxylic acids is 1. The van der Waals surface area contributed by atoms with Gasteiger partial charge in [0.15, 0.2) is 0 Å². The molecule has 0 atom stereocenters. The van der Waals surface area contributed by atoms with Crippen LogP contribution in [0.15, 0.2) is 41.3 Å². The van der Waals surface area contributed by atoms with E-state index in [0.29, 0.717) is 35.5 Å². The predicted molar refractivity (Wildman–Crippen MR) is 83.2 cm³/mol. The van der Waals surface area contributed by atoms with Gasteiger partial charge in [-0.15, -0.1) is 0 Å². The Hall–Kier alpha value is -2.28. The van der Waals surface area contributed by atoms with Crippen molar-refractivity contribution in [2.75, 3.05) is 11.4 Å². The summed E-state index contributed by atoms with van der Waals surface area (Å²) in [5.74, 6) is -0.461. The first kappa shape index (κ1) is 16.6. The van der Waals surface area contributed by atoms with E-state index in [-0.39, 0.29) is 0 Å². The van der Waals surface area contributed by atoms with E-state index in [2.05, 4.69) is 0 Å². The maximum absolute atomic E-state index is 12.8. The molecule has 2 heterocycles. The standard InChI is InChI=1S/C16H12ClF3N2O2/c17-12-7-11(16(18,19)20)8-21(15(12)24)9-14(23)22-6-5-10-3-1-2-4-13(10)22/h1-4,7-8H,5-6,9H2. The smallest absolute Gasteiger partial charge is 0.310 e. The van der Waals surface area contributed by atoms with Gasteiger partial charge < -0.3 is 9.47 Å². The topological polar surface area (TPSA) is 42.3 Å². The van der Waals surface area contributed by atoms with Crippen molar-refractivity contribution in [3.8, 4) is 0 Å². The second kappa shape index (κ2) is 5.98. The third kappa shape index (κ3) is 3.03. The summed E-state index contributed by atoms with van der Waals surface area (Å²) < 4.78 is 39.2. The van der Waals surface area contributed by atoms with Gasteiger partial charge >= 0.3 is 6.18 Å². The Morgan fingerprint density at radius 3 is 2.67 bits per heavy atom. The van der Waals surface area contributed by atoms with Crippen LogP contribution >= 0.6 is 11.6 Å². The average Bonchev–Trinajstić information content (AvgIpc) is 2.94. The van der Waals surface area contributed by atoms with Gasteiger partial charge in [-0.05, 0) is 24.1 Å². The largest absolute Gasteiger partial charge is 0.417 e. The lowest BCUT2D eigenvalue weighted by atomic mass is 10.2. The summed E-state index contributed by atoms with van der Waals surface area (Å²) in [7, 11) is 0. The van der Waals surface area contributed by atoms with Gasteiger partial charge in [-0.2, -0.15) is 13.2 Å². The van der Waals surface area contributed by atoms with Gasteiger partial charge in [0, 0.05) is 18.4 Å². The Morgan fingerprint density at radius 2 is 1.96 bits per heavy atom. The number of rotatable bonds is 2. The summed E-state index contributed by atoms with van der Waals surface area (Å²) in [6.45, 7) is -0.0730. The molecule has 1 aromatic carbocycles. The van der Waals surface area contributed by atoms with E-state index in [1.807, 2.05) is 12.1 Å². The van der Waals surface area contributed by atoms with Gasteiger partial charge in [0.1, 0.15) is 11.6 Å². The number of alkyl halides is 3. The molecule has 1 aliphatic rings. The van der Waals surface area contributed by atoms with Crippen LogP contribution in [0.5, 0.6) is 0 Å². The fourth-order valence-corrected chi connectivity index (χ4v) is 2.93. The Bertz CT molecular complexity index is 861. The Labute approximate surface area is 140 Å². The van der Waals surface area contributed by atoms with Crippen molar-refractivity contribution >= 4 is 23.2 Å². The number of fused-ring (bicyclic) bond motifs is 1. The van der Waals surface area contributed by atoms with E-state index in [0.717, 1.165) is 5.56 Å². The summed E-state index contributed by atoms with van der Waals surface area (Å²) in [5.41, 5.74) is -0.193. The zero-order valence-electron chi connectivity index (χ0n) is 12.3. The van der Waals surface area contributed by atoms with E-state index in [9.17, 15) is 22.8 Å². The molecule has 0 aliphatic carbocycles. The van der Waals surface area contributed by atoms with Gasteiger partial charge in [0.2, 0.25) is 5.91 Å². The zero-order valence-corrected chi connectivity index (χ0v) is 13.1. The molecule has 1 aromatic heterocycles. The van der Waals surface area contributed by atoms with Gasteiger partial charge in [-0.25, -0.2) is 0 Å². The first-order chi connectivity index (χ1) is 11.3. The Kier molecular flexibility index (Phi) is 4.13. The van der Waals surface area contributed by atoms with Crippen LogP contribution < -0.4 is 10.5 Å². The summed E-state index contributed by atoms with van der Waals surface area (Å²) in [4.78, 5) is 25.8. The van der Waals surface area contributed by atoms with E-state index in [1.54, 1.807) is 12.1 Å². The van der Waals surface area contributed by atoms with Crippen LogP contribution in [0.1, 0.15) is 11.1 Å². The molecule has 126 valence electrons. The first-order valence-corrected chi connectivity index (χ1v) is 7.50. The number of para-hydroxylation sites is 1. The molecular weight excluding hydrogens is 345 g/mol. The number of hydrogen-bond acceptors (Lipinski definition) is 2. The lowest BCUT2D eigenvalue weighted by Crippen LogP contribution is -2.36. The van der Waals surface area contributed by atoms with Gasteiger partial charge in [-0.1, -0.05) is 29.8 Å². The minimum Gasteiger partial charge on any atom is -0.310 e. The van der Waals surface area contributed by atoms with Crippen molar-refractivity contribution in [1.82, 2.24) is 4.57 Å². The van der Waals surface area contributed by atoms with Crippen LogP contribution in [0.4, 0.5) is 18.9 Å². The minimum atomic E-state index is -4.65. The SMILES string of the molecule is O=C(Cn1cc(C(F)(F)F)cc(Cl)c1=O)N1CCc2ccccc21. The predicted octanol–water partition coefficient (Wildman–Crippen LogP) is 3.11. The number of halogens is 4. The zero-order chi connectivity index (χ0) is 17.5. The highest BCUT2D eigenvalue weighted by molar-refractivity contribution is 6.30. The Balaban J connectivity index is 1.91. The number of benzene rings is 1. The molecule has 0 spiro atoms. The summed E-state index contributed by atoms with van der Waals surface area (Å²) in [5, 5.41) is -0.570. The molecule has 0 N–H and O–H groups in total. The Morgan fingerprint density at radius 1 is 1.25 bits per heavy atom. The number of nitrogens with zero attached hydrogens (tertiary/aromatic N) is 2. The molecule has 1 aliphatic heterocycles. The lowest BCUT2D eigenvalue weighted by molar-refractivity contribution is -0.138. The molecule has 0 saturated heterocycles. The van der Waals surface area contributed by atoms with Crippen molar-refractivity contribution in [2.45, 2.75) is 19.1 Å². The molecule has 4 nitrogen and oxygen atoms in total. The maximum atomic E-state index is 12.8. The van der Waals surface area contributed by atoms with Crippen LogP contribution in [0.25, 0.3) is 0 Å². The van der Waals surface area contributed by atoms with Crippen molar-refractivity contribution in [3.63, 3.8) is 0 Å². The van der Waals surface area contributed by atoms with Crippen molar-refractivity contribution in [2.24, 2.45) is 0 Å². The molecule has 0 bridgehead atoms. The highest BCUT2D eigenvalue weighted by atomic mass is 35.5. The third-order valence-corrected chi connectivity index (χ3v) is 4.13. The van der Waals surface area contributed by atoms with Gasteiger partial charge in [0.25, 0.3) is 5.56 Å². The summed E-state index contributed by atoms with van der Waals surface area (Å²) in [6.07, 6.45) is -3.36. The molecule has 2 aromatic rings. The second-order valence-electron chi connectivity index (χ2n) is 5.43. The van der Waals surface area contributed by atoms with Crippen molar-refractivity contribution in [3.05, 3.63) is 63.0 Å². The number of amides is 1. The van der Waals surface area contributed by atoms with Crippen LogP contribution in [0.2, 0.25) is 5.02 Å². The van der Waals surface area contributed by atoms with Crippen LogP contribution in [0, 0.1) is 0 Å². The monoisotopic (exact) mass is 356 g/mol. The van der Waals surface area contributed by atoms with Gasteiger partial charge in [0.05, 0.1) is 5.56 Å². The molecule has 1 amide bonds. The summed E-state index contributed by atoms with van der Waals surface area (Å²) in [6, 6.07) is 7.84. The molecule has 0 radical (unpaired) electrons. The van der Waals surface area contributed by atoms with E-state index in [4.69, 9.17) is 11.6 Å². The highest BCUT2D eigenvalue weighted by Gasteiger charge is 2.32. The normalized spacial score (nSPS) is 13.9. The molecule has 3 rings (SSSR count). The molecular formula is C16H12ClF3N2O2. The number of anilines is 1. The number of hydrogen-bond donors (Lipinski definition) is 0. The third-order valence-electron chi connectivity index (χ3n) is 3.86. The quantitative estimate of drug-likeness (QED) is 0.829.